The topological polar surface area (TPSA) is 23.8 Å². The van der Waals surface area contributed by atoms with E-state index in [4.69, 9.17) is 5.73 Å². The zero-order chi connectivity index (χ0) is 5.21. The van der Waals surface area contributed by atoms with Gasteiger partial charge in [0.05, 0.1) is 0 Å². The fourth-order valence-electron chi connectivity index (χ4n) is 0. The van der Waals surface area contributed by atoms with Gasteiger partial charge in [-0.3, -0.25) is 0 Å². The van der Waals surface area contributed by atoms with Crippen LogP contribution in [0, 0.1) is 0 Å². The van der Waals surface area contributed by atoms with Gasteiger partial charge in [0.2, 0.25) is 0 Å². The van der Waals surface area contributed by atoms with Crippen molar-refractivity contribution < 1.29 is 8.78 Å². The van der Waals surface area contributed by atoms with Gasteiger partial charge in [-0.2, -0.15) is 14.5 Å². The number of rotatable bonds is 1. The molecule has 0 aromatic heterocycles. The summed E-state index contributed by atoms with van der Waals surface area (Å²) >= 11 is 0. The van der Waals surface area contributed by atoms with E-state index in [1.54, 1.807) is 0 Å². The first kappa shape index (κ1) is 5.82. The normalized spacial score (nSPS) is 12.0. The number of nitrogens with one attached hydrogen (secondary N) is 1. The van der Waals surface area contributed by atoms with Crippen LogP contribution in [0.25, 0.3) is 0 Å². The molecule has 0 heterocycles. The Kier molecular flexibility index (Phi) is 1.47. The molecule has 0 aromatic carbocycles. The molecule has 0 saturated carbocycles. The minimum absolute atomic E-state index is 0.396. The summed E-state index contributed by atoms with van der Waals surface area (Å²) in [6.07, 6.45) is -0.396. The van der Waals surface area contributed by atoms with Crippen molar-refractivity contribution >= 4 is 0 Å². The molecule has 1 N–H and O–H groups in total. The second-order valence-electron chi connectivity index (χ2n) is 1.06. The predicted molar refractivity (Wildman–Crippen MR) is 18.3 cm³/mol. The summed E-state index contributed by atoms with van der Waals surface area (Å²) in [7, 11) is 0. The quantitative estimate of drug-likeness (QED) is 0.437. The van der Waals surface area contributed by atoms with E-state index in [1.807, 2.05) is 0 Å². The summed E-state index contributed by atoms with van der Waals surface area (Å²) in [4.78, 5) is 0. The molecule has 0 spiro atoms. The van der Waals surface area contributed by atoms with Crippen LogP contribution in [0.2, 0.25) is 0 Å². The van der Waals surface area contributed by atoms with Crippen molar-refractivity contribution in [1.82, 2.24) is 5.73 Å². The highest BCUT2D eigenvalue weighted by molar-refractivity contribution is 4.46. The highest BCUT2D eigenvalue weighted by Crippen LogP contribution is 2.09. The van der Waals surface area contributed by atoms with E-state index in [2.05, 4.69) is 0 Å². The van der Waals surface area contributed by atoms with E-state index in [-0.39, 0.29) is 0 Å². The third kappa shape index (κ3) is 3.82. The van der Waals surface area contributed by atoms with Crippen LogP contribution in [0.3, 0.4) is 0 Å². The zero-order valence-corrected chi connectivity index (χ0v) is 3.46. The van der Waals surface area contributed by atoms with Crippen molar-refractivity contribution in [2.45, 2.75) is 19.4 Å². The molecule has 0 aromatic rings. The third-order valence-corrected chi connectivity index (χ3v) is 0.444. The molecule has 0 rings (SSSR count). The molecule has 0 bridgehead atoms. The fraction of sp³-hybridized carbons (Fsp3) is 1.00. The molecule has 0 aliphatic heterocycles. The predicted octanol–water partition coefficient (Wildman–Crippen LogP) is 1.27. The lowest BCUT2D eigenvalue weighted by Gasteiger charge is -2.00. The van der Waals surface area contributed by atoms with Crippen molar-refractivity contribution in [1.29, 1.82) is 0 Å². The van der Waals surface area contributed by atoms with Crippen LogP contribution in [-0.4, -0.2) is 6.05 Å². The molecule has 0 amide bonds. The summed E-state index contributed by atoms with van der Waals surface area (Å²) in [5, 5.41) is 0. The summed E-state index contributed by atoms with van der Waals surface area (Å²) in [5.74, 6) is 0. The summed E-state index contributed by atoms with van der Waals surface area (Å²) in [5.41, 5.74) is 5.85. The lowest BCUT2D eigenvalue weighted by molar-refractivity contribution is -0.00422. The summed E-state index contributed by atoms with van der Waals surface area (Å²) in [6.45, 7) is 1.27. The maximum absolute atomic E-state index is 11.1. The molecule has 3 heteroatoms. The number of hydrogen-bond acceptors (Lipinski definition) is 0. The highest BCUT2D eigenvalue weighted by atomic mass is 19.3. The van der Waals surface area contributed by atoms with E-state index in [0.29, 0.717) is 0 Å². The maximum Gasteiger partial charge on any atom is 0.314 e. The molecule has 37 valence electrons. The molecule has 6 heavy (non-hydrogen) atoms. The largest absolute Gasteiger partial charge is 0.314 e. The maximum atomic E-state index is 11.1. The smallest absolute Gasteiger partial charge is 0.191 e. The second kappa shape index (κ2) is 1.51. The summed E-state index contributed by atoms with van der Waals surface area (Å²) < 4.78 is 22.2. The van der Waals surface area contributed by atoms with E-state index in [0.717, 1.165) is 0 Å². The molecular weight excluding hydrogens is 88.0 g/mol. The van der Waals surface area contributed by atoms with Crippen molar-refractivity contribution in [3.8, 4) is 0 Å². The van der Waals surface area contributed by atoms with Crippen LogP contribution in [-0.2, 0) is 0 Å². The lowest BCUT2D eigenvalue weighted by atomic mass is 10.4. The van der Waals surface area contributed by atoms with Crippen LogP contribution in [0.4, 0.5) is 8.78 Å². The van der Waals surface area contributed by atoms with Crippen molar-refractivity contribution in [3.63, 3.8) is 0 Å². The third-order valence-electron chi connectivity index (χ3n) is 0.444. The molecule has 1 radical (unpaired) electrons. The molecule has 0 aliphatic rings. The van der Waals surface area contributed by atoms with Gasteiger partial charge in [0.15, 0.2) is 0 Å². The van der Waals surface area contributed by atoms with Crippen LogP contribution in [0.1, 0.15) is 13.3 Å². The van der Waals surface area contributed by atoms with Crippen LogP contribution >= 0.6 is 0 Å². The first-order valence-electron chi connectivity index (χ1n) is 1.69. The molecular formula is C3H6F2N. The van der Waals surface area contributed by atoms with Gasteiger partial charge >= 0.3 is 6.05 Å². The molecule has 1 nitrogen and oxygen atoms in total. The standard InChI is InChI=1S/C3H6F2N/c1-2-3(4,5)6/h6H,2H2,1H3. The van der Waals surface area contributed by atoms with Gasteiger partial charge < -0.3 is 0 Å². The minimum Gasteiger partial charge on any atom is -0.191 e. The zero-order valence-electron chi connectivity index (χ0n) is 3.46. The van der Waals surface area contributed by atoms with Crippen molar-refractivity contribution in [2.75, 3.05) is 0 Å². The number of alkyl halides is 2. The Morgan fingerprint density at radius 3 is 1.83 bits per heavy atom. The van der Waals surface area contributed by atoms with Crippen LogP contribution < -0.4 is 5.73 Å². The van der Waals surface area contributed by atoms with Crippen molar-refractivity contribution in [3.05, 3.63) is 0 Å². The Balaban J connectivity index is 3.17. The fourth-order valence-corrected chi connectivity index (χ4v) is 0. The Morgan fingerprint density at radius 2 is 1.83 bits per heavy atom. The molecule has 0 fully saturated rings. The molecule has 0 aliphatic carbocycles. The Morgan fingerprint density at radius 1 is 1.67 bits per heavy atom. The van der Waals surface area contributed by atoms with Crippen LogP contribution in [0.15, 0.2) is 0 Å². The van der Waals surface area contributed by atoms with Gasteiger partial charge in [-0.25, -0.2) is 0 Å². The summed E-state index contributed by atoms with van der Waals surface area (Å²) in [6, 6.07) is -3.21. The first-order chi connectivity index (χ1) is 2.56. The molecule has 0 atom stereocenters. The molecule has 0 saturated heterocycles. The van der Waals surface area contributed by atoms with Crippen molar-refractivity contribution in [2.24, 2.45) is 0 Å². The van der Waals surface area contributed by atoms with E-state index >= 15 is 0 Å². The Bertz CT molecular complexity index is 38.5. The minimum atomic E-state index is -3.21. The SMILES string of the molecule is CCC([NH])(F)F. The van der Waals surface area contributed by atoms with Gasteiger partial charge in [-0.1, -0.05) is 6.92 Å². The van der Waals surface area contributed by atoms with Gasteiger partial charge in [-0.05, 0) is 0 Å². The van der Waals surface area contributed by atoms with Crippen LogP contribution in [0.5, 0.6) is 0 Å². The monoisotopic (exact) mass is 94.0 g/mol. The number of halogens is 2. The second-order valence-corrected chi connectivity index (χ2v) is 1.06. The Labute approximate surface area is 35.1 Å². The lowest BCUT2D eigenvalue weighted by Crippen LogP contribution is -2.13. The van der Waals surface area contributed by atoms with Gasteiger partial charge in [0, 0.05) is 6.42 Å². The van der Waals surface area contributed by atoms with Gasteiger partial charge in [-0.15, -0.1) is 0 Å². The van der Waals surface area contributed by atoms with E-state index < -0.39 is 12.5 Å². The van der Waals surface area contributed by atoms with E-state index in [9.17, 15) is 8.78 Å². The molecule has 0 unspecified atom stereocenters. The van der Waals surface area contributed by atoms with E-state index in [1.165, 1.54) is 6.92 Å². The number of hydrogen-bond donors (Lipinski definition) is 0. The Hall–Kier alpha value is -0.180. The van der Waals surface area contributed by atoms with Gasteiger partial charge in [0.25, 0.3) is 0 Å². The average Bonchev–Trinajstić information content (AvgIpc) is 1.35. The van der Waals surface area contributed by atoms with Gasteiger partial charge in [0.1, 0.15) is 0 Å². The first-order valence-corrected chi connectivity index (χ1v) is 1.69. The average molecular weight is 94.1 g/mol. The highest BCUT2D eigenvalue weighted by Gasteiger charge is 2.17.